The molecule has 1 aliphatic rings. The van der Waals surface area contributed by atoms with Crippen molar-refractivity contribution >= 4 is 11.8 Å². The van der Waals surface area contributed by atoms with Crippen molar-refractivity contribution in [1.29, 1.82) is 0 Å². The van der Waals surface area contributed by atoms with Crippen LogP contribution in [0.4, 0.5) is 4.39 Å². The molecule has 27 heavy (non-hydrogen) atoms. The highest BCUT2D eigenvalue weighted by Gasteiger charge is 2.25. The number of amides is 2. The molecule has 0 aliphatic carbocycles. The maximum Gasteiger partial charge on any atom is 0.254 e. The lowest BCUT2D eigenvalue weighted by molar-refractivity contribution is 0.0588. The first-order valence-electron chi connectivity index (χ1n) is 8.83. The number of carbonyl (C=O) groups is 2. The van der Waals surface area contributed by atoms with Crippen molar-refractivity contribution < 1.29 is 18.7 Å². The first-order valence-corrected chi connectivity index (χ1v) is 8.83. The molecule has 2 heterocycles. The van der Waals surface area contributed by atoms with Gasteiger partial charge in [0, 0.05) is 57.9 Å². The molecule has 0 saturated carbocycles. The van der Waals surface area contributed by atoms with Crippen molar-refractivity contribution in [1.82, 2.24) is 14.8 Å². The van der Waals surface area contributed by atoms with Gasteiger partial charge in [-0.05, 0) is 30.3 Å². The summed E-state index contributed by atoms with van der Waals surface area (Å²) in [7, 11) is 3.38. The summed E-state index contributed by atoms with van der Waals surface area (Å²) < 4.78 is 18.9. The lowest BCUT2D eigenvalue weighted by Gasteiger charge is -2.32. The Morgan fingerprint density at radius 3 is 2.26 bits per heavy atom. The van der Waals surface area contributed by atoms with Gasteiger partial charge < -0.3 is 14.5 Å². The van der Waals surface area contributed by atoms with Crippen molar-refractivity contribution in [2.24, 2.45) is 0 Å². The molecule has 1 aliphatic heterocycles. The zero-order valence-electron chi connectivity index (χ0n) is 15.4. The summed E-state index contributed by atoms with van der Waals surface area (Å²) in [5, 5.41) is 0. The Bertz CT molecular complexity index is 798. The Labute approximate surface area is 157 Å². The van der Waals surface area contributed by atoms with E-state index in [1.807, 2.05) is 0 Å². The number of hydrogen-bond donors (Lipinski definition) is 0. The fourth-order valence-electron chi connectivity index (χ4n) is 2.96. The van der Waals surface area contributed by atoms with Crippen LogP contribution in [0.15, 0.2) is 42.6 Å². The number of likely N-dealkylation sites (tertiary alicyclic amines) is 1. The van der Waals surface area contributed by atoms with Crippen LogP contribution in [0.5, 0.6) is 5.88 Å². The lowest BCUT2D eigenvalue weighted by atomic mass is 10.1. The zero-order valence-corrected chi connectivity index (χ0v) is 15.4. The molecule has 1 aromatic carbocycles. The smallest absolute Gasteiger partial charge is 0.254 e. The molecule has 3 rings (SSSR count). The quantitative estimate of drug-likeness (QED) is 0.829. The normalized spacial score (nSPS) is 14.7. The molecule has 2 amide bonds. The number of piperidine rings is 1. The van der Waals surface area contributed by atoms with Gasteiger partial charge in [0.15, 0.2) is 0 Å². The zero-order chi connectivity index (χ0) is 19.4. The van der Waals surface area contributed by atoms with Gasteiger partial charge in [-0.2, -0.15) is 0 Å². The summed E-state index contributed by atoms with van der Waals surface area (Å²) >= 11 is 0. The molecule has 1 saturated heterocycles. The maximum absolute atomic E-state index is 13.0. The maximum atomic E-state index is 13.0. The van der Waals surface area contributed by atoms with Gasteiger partial charge in [-0.15, -0.1) is 0 Å². The molecule has 1 aromatic heterocycles. The van der Waals surface area contributed by atoms with E-state index in [2.05, 4.69) is 4.98 Å². The first-order chi connectivity index (χ1) is 12.9. The number of ether oxygens (including phenoxy) is 1. The van der Waals surface area contributed by atoms with E-state index >= 15 is 0 Å². The number of nitrogens with zero attached hydrogens (tertiary/aromatic N) is 3. The van der Waals surface area contributed by atoms with E-state index < -0.39 is 0 Å². The van der Waals surface area contributed by atoms with Crippen molar-refractivity contribution in [2.45, 2.75) is 18.9 Å². The van der Waals surface area contributed by atoms with E-state index in [4.69, 9.17) is 4.74 Å². The van der Waals surface area contributed by atoms with Crippen LogP contribution in [0.3, 0.4) is 0 Å². The Balaban J connectivity index is 1.53. The fourth-order valence-corrected chi connectivity index (χ4v) is 2.96. The van der Waals surface area contributed by atoms with Crippen LogP contribution < -0.4 is 4.74 Å². The Kier molecular flexibility index (Phi) is 5.69. The molecule has 0 radical (unpaired) electrons. The van der Waals surface area contributed by atoms with E-state index in [1.54, 1.807) is 31.1 Å². The SMILES string of the molecule is CN(C)C(=O)c1ccc(OC2CCN(C(=O)c3ccc(F)cc3)CC2)nc1. The van der Waals surface area contributed by atoms with Crippen molar-refractivity contribution in [2.75, 3.05) is 27.2 Å². The van der Waals surface area contributed by atoms with Crippen molar-refractivity contribution in [3.05, 3.63) is 59.5 Å². The molecule has 0 N–H and O–H groups in total. The third-order valence-corrected chi connectivity index (χ3v) is 4.50. The summed E-state index contributed by atoms with van der Waals surface area (Å²) in [5.74, 6) is -0.0992. The van der Waals surface area contributed by atoms with E-state index in [0.717, 1.165) is 0 Å². The minimum Gasteiger partial charge on any atom is -0.474 e. The summed E-state index contributed by atoms with van der Waals surface area (Å²) in [5.41, 5.74) is 0.991. The van der Waals surface area contributed by atoms with Gasteiger partial charge in [-0.3, -0.25) is 9.59 Å². The van der Waals surface area contributed by atoms with Crippen LogP contribution in [0.1, 0.15) is 33.6 Å². The van der Waals surface area contributed by atoms with E-state index in [-0.39, 0.29) is 23.7 Å². The van der Waals surface area contributed by atoms with Gasteiger partial charge >= 0.3 is 0 Å². The van der Waals surface area contributed by atoms with Gasteiger partial charge in [0.1, 0.15) is 11.9 Å². The Morgan fingerprint density at radius 2 is 1.70 bits per heavy atom. The predicted octanol–water partition coefficient (Wildman–Crippen LogP) is 2.61. The molecule has 0 spiro atoms. The van der Waals surface area contributed by atoms with Gasteiger partial charge in [0.2, 0.25) is 5.88 Å². The standard InChI is InChI=1S/C20H22FN3O3/c1-23(2)19(25)15-5-8-18(22-13-15)27-17-9-11-24(12-10-17)20(26)14-3-6-16(21)7-4-14/h3-8,13,17H,9-12H2,1-2H3. The van der Waals surface area contributed by atoms with Crippen LogP contribution >= 0.6 is 0 Å². The summed E-state index contributed by atoms with van der Waals surface area (Å²) in [6, 6.07) is 8.96. The van der Waals surface area contributed by atoms with Gasteiger partial charge in [0.05, 0.1) is 5.56 Å². The van der Waals surface area contributed by atoms with Crippen LogP contribution in [-0.2, 0) is 0 Å². The minimum absolute atomic E-state index is 0.0369. The second-order valence-corrected chi connectivity index (χ2v) is 6.70. The molecular formula is C20H22FN3O3. The first kappa shape index (κ1) is 18.8. The number of hydrogen-bond acceptors (Lipinski definition) is 4. The highest BCUT2D eigenvalue weighted by molar-refractivity contribution is 5.94. The summed E-state index contributed by atoms with van der Waals surface area (Å²) in [6.45, 7) is 1.14. The molecule has 1 fully saturated rings. The molecule has 0 unspecified atom stereocenters. The van der Waals surface area contributed by atoms with Gasteiger partial charge in [-0.25, -0.2) is 9.37 Å². The molecular weight excluding hydrogens is 349 g/mol. The molecule has 0 bridgehead atoms. The monoisotopic (exact) mass is 371 g/mol. The number of pyridine rings is 1. The van der Waals surface area contributed by atoms with E-state index in [9.17, 15) is 14.0 Å². The average Bonchev–Trinajstić information content (AvgIpc) is 2.68. The Morgan fingerprint density at radius 1 is 1.07 bits per heavy atom. The third kappa shape index (κ3) is 4.61. The van der Waals surface area contributed by atoms with Crippen LogP contribution in [-0.4, -0.2) is 59.9 Å². The topological polar surface area (TPSA) is 62.7 Å². The van der Waals surface area contributed by atoms with E-state index in [0.29, 0.717) is 42.9 Å². The predicted molar refractivity (Wildman–Crippen MR) is 98.2 cm³/mol. The third-order valence-electron chi connectivity index (χ3n) is 4.50. The second-order valence-electron chi connectivity index (χ2n) is 6.70. The highest BCUT2D eigenvalue weighted by atomic mass is 19.1. The molecule has 0 atom stereocenters. The van der Waals surface area contributed by atoms with Crippen LogP contribution in [0, 0.1) is 5.82 Å². The fraction of sp³-hybridized carbons (Fsp3) is 0.350. The molecule has 142 valence electrons. The van der Waals surface area contributed by atoms with Crippen LogP contribution in [0.25, 0.3) is 0 Å². The molecule has 6 nitrogen and oxygen atoms in total. The lowest BCUT2D eigenvalue weighted by Crippen LogP contribution is -2.41. The van der Waals surface area contributed by atoms with Crippen molar-refractivity contribution in [3.8, 4) is 5.88 Å². The largest absolute Gasteiger partial charge is 0.474 e. The minimum atomic E-state index is -0.357. The Hall–Kier alpha value is -2.96. The van der Waals surface area contributed by atoms with E-state index in [1.165, 1.54) is 35.4 Å². The second kappa shape index (κ2) is 8.16. The molecule has 7 heteroatoms. The number of carbonyl (C=O) groups excluding carboxylic acids is 2. The summed E-state index contributed by atoms with van der Waals surface area (Å²) in [6.07, 6.45) is 2.84. The number of aromatic nitrogens is 1. The number of rotatable bonds is 4. The number of benzene rings is 1. The summed E-state index contributed by atoms with van der Waals surface area (Å²) in [4.78, 5) is 31.8. The van der Waals surface area contributed by atoms with Gasteiger partial charge in [-0.1, -0.05) is 0 Å². The van der Waals surface area contributed by atoms with Crippen LogP contribution in [0.2, 0.25) is 0 Å². The highest BCUT2D eigenvalue weighted by Crippen LogP contribution is 2.19. The number of halogens is 1. The van der Waals surface area contributed by atoms with Crippen molar-refractivity contribution in [3.63, 3.8) is 0 Å². The van der Waals surface area contributed by atoms with Gasteiger partial charge in [0.25, 0.3) is 11.8 Å². The molecule has 2 aromatic rings. The average molecular weight is 371 g/mol.